The van der Waals surface area contributed by atoms with Gasteiger partial charge in [-0.05, 0) is 49.6 Å². The fourth-order valence-electron chi connectivity index (χ4n) is 3.88. The van der Waals surface area contributed by atoms with E-state index in [4.69, 9.17) is 0 Å². The molecular formula is C27H34N4O2. The van der Waals surface area contributed by atoms with E-state index in [9.17, 15) is 9.59 Å². The summed E-state index contributed by atoms with van der Waals surface area (Å²) in [5, 5.41) is 5.84. The molecule has 6 nitrogen and oxygen atoms in total. The summed E-state index contributed by atoms with van der Waals surface area (Å²) in [7, 11) is 0. The molecule has 0 aromatic heterocycles. The predicted molar refractivity (Wildman–Crippen MR) is 135 cm³/mol. The van der Waals surface area contributed by atoms with E-state index < -0.39 is 0 Å². The molecule has 2 N–H and O–H groups in total. The molecular weight excluding hydrogens is 412 g/mol. The Kier molecular flexibility index (Phi) is 8.70. The van der Waals surface area contributed by atoms with Crippen LogP contribution in [0.15, 0.2) is 79.0 Å². The van der Waals surface area contributed by atoms with Crippen LogP contribution in [0.5, 0.6) is 0 Å². The lowest BCUT2D eigenvalue weighted by atomic mass is 10.1. The summed E-state index contributed by atoms with van der Waals surface area (Å²) in [4.78, 5) is 28.7. The first-order valence-electron chi connectivity index (χ1n) is 11.5. The molecule has 3 rings (SSSR count). The molecule has 2 aromatic rings. The summed E-state index contributed by atoms with van der Waals surface area (Å²) in [6.07, 6.45) is 2.83. The molecule has 1 fully saturated rings. The maximum absolute atomic E-state index is 12.4. The molecule has 1 aliphatic rings. The van der Waals surface area contributed by atoms with E-state index in [1.807, 2.05) is 54.3 Å². The minimum atomic E-state index is -0.105. The molecule has 0 atom stereocenters. The molecule has 0 spiro atoms. The van der Waals surface area contributed by atoms with Crippen molar-refractivity contribution in [1.29, 1.82) is 0 Å². The van der Waals surface area contributed by atoms with Crippen LogP contribution in [0.25, 0.3) is 0 Å². The highest BCUT2D eigenvalue weighted by Crippen LogP contribution is 2.20. The minimum Gasteiger partial charge on any atom is -0.368 e. The van der Waals surface area contributed by atoms with Crippen molar-refractivity contribution in [3.05, 3.63) is 84.6 Å². The molecule has 2 aromatic carbocycles. The molecule has 6 heteroatoms. The van der Waals surface area contributed by atoms with Crippen LogP contribution in [0.2, 0.25) is 0 Å². The van der Waals surface area contributed by atoms with E-state index in [0.29, 0.717) is 31.6 Å². The first-order chi connectivity index (χ1) is 15.9. The molecule has 0 bridgehead atoms. The lowest BCUT2D eigenvalue weighted by Gasteiger charge is -2.36. The van der Waals surface area contributed by atoms with Gasteiger partial charge in [0.1, 0.15) is 0 Å². The molecule has 1 saturated heterocycles. The second-order valence-corrected chi connectivity index (χ2v) is 8.58. The van der Waals surface area contributed by atoms with Gasteiger partial charge in [0, 0.05) is 56.1 Å². The number of allylic oxidation sites excluding steroid dienone is 1. The molecule has 0 aliphatic carbocycles. The fraction of sp³-hybridized carbons (Fsp3) is 0.333. The van der Waals surface area contributed by atoms with Gasteiger partial charge in [-0.3, -0.25) is 4.79 Å². The van der Waals surface area contributed by atoms with Gasteiger partial charge in [0.2, 0.25) is 5.91 Å². The van der Waals surface area contributed by atoms with Crippen LogP contribution in [0.3, 0.4) is 0 Å². The zero-order chi connectivity index (χ0) is 23.6. The third-order valence-corrected chi connectivity index (χ3v) is 5.59. The van der Waals surface area contributed by atoms with Gasteiger partial charge in [-0.15, -0.1) is 0 Å². The number of aryl methyl sites for hydroxylation is 1. The van der Waals surface area contributed by atoms with Crippen LogP contribution in [-0.4, -0.2) is 43.0 Å². The quantitative estimate of drug-likeness (QED) is 0.535. The van der Waals surface area contributed by atoms with Gasteiger partial charge in [0.25, 0.3) is 0 Å². The van der Waals surface area contributed by atoms with Crippen LogP contribution in [0.4, 0.5) is 16.2 Å². The van der Waals surface area contributed by atoms with E-state index in [1.54, 1.807) is 0 Å². The molecule has 33 heavy (non-hydrogen) atoms. The second-order valence-electron chi connectivity index (χ2n) is 8.58. The van der Waals surface area contributed by atoms with E-state index in [0.717, 1.165) is 42.9 Å². The molecule has 1 heterocycles. The van der Waals surface area contributed by atoms with Crippen molar-refractivity contribution in [2.75, 3.05) is 36.4 Å². The van der Waals surface area contributed by atoms with E-state index >= 15 is 0 Å². The maximum atomic E-state index is 12.4. The number of hydrogen-bond donors (Lipinski definition) is 2. The molecule has 3 amide bonds. The predicted octanol–water partition coefficient (Wildman–Crippen LogP) is 4.96. The van der Waals surface area contributed by atoms with Gasteiger partial charge < -0.3 is 20.4 Å². The van der Waals surface area contributed by atoms with Crippen molar-refractivity contribution in [1.82, 2.24) is 10.2 Å². The zero-order valence-corrected chi connectivity index (χ0v) is 19.5. The van der Waals surface area contributed by atoms with Crippen molar-refractivity contribution in [2.24, 2.45) is 0 Å². The lowest BCUT2D eigenvalue weighted by molar-refractivity contribution is -0.116. The van der Waals surface area contributed by atoms with Crippen LogP contribution < -0.4 is 15.5 Å². The van der Waals surface area contributed by atoms with Crippen molar-refractivity contribution >= 4 is 23.3 Å². The highest BCUT2D eigenvalue weighted by Gasteiger charge is 2.21. The molecule has 0 radical (unpaired) electrons. The van der Waals surface area contributed by atoms with Gasteiger partial charge in [0.15, 0.2) is 0 Å². The van der Waals surface area contributed by atoms with Crippen molar-refractivity contribution in [2.45, 2.75) is 32.6 Å². The van der Waals surface area contributed by atoms with Crippen molar-refractivity contribution in [3.8, 4) is 0 Å². The number of urea groups is 1. The van der Waals surface area contributed by atoms with E-state index in [-0.39, 0.29) is 11.9 Å². The van der Waals surface area contributed by atoms with Gasteiger partial charge in [0.05, 0.1) is 0 Å². The summed E-state index contributed by atoms with van der Waals surface area (Å²) in [5.41, 5.74) is 4.79. The monoisotopic (exact) mass is 446 g/mol. The number of rotatable bonds is 9. The third kappa shape index (κ3) is 7.83. The summed E-state index contributed by atoms with van der Waals surface area (Å²) in [5.74, 6) is 0.0338. The van der Waals surface area contributed by atoms with Gasteiger partial charge in [-0.2, -0.15) is 0 Å². The Hall–Kier alpha value is -3.54. The number of carbonyl (C=O) groups excluding carboxylic acids is 2. The van der Waals surface area contributed by atoms with Crippen LogP contribution in [0.1, 0.15) is 31.7 Å². The maximum Gasteiger partial charge on any atom is 0.321 e. The lowest BCUT2D eigenvalue weighted by Crippen LogP contribution is -2.51. The number of benzene rings is 2. The Morgan fingerprint density at radius 3 is 2.24 bits per heavy atom. The topological polar surface area (TPSA) is 64.7 Å². The smallest absolute Gasteiger partial charge is 0.321 e. The van der Waals surface area contributed by atoms with E-state index in [2.05, 4.69) is 40.8 Å². The van der Waals surface area contributed by atoms with Crippen LogP contribution in [-0.2, 0) is 11.2 Å². The molecule has 1 aliphatic heterocycles. The summed E-state index contributed by atoms with van der Waals surface area (Å²) >= 11 is 0. The van der Waals surface area contributed by atoms with Crippen molar-refractivity contribution in [3.63, 3.8) is 0 Å². The highest BCUT2D eigenvalue weighted by molar-refractivity contribution is 5.90. The Bertz CT molecular complexity index is 961. The summed E-state index contributed by atoms with van der Waals surface area (Å²) < 4.78 is 0. The fourth-order valence-corrected chi connectivity index (χ4v) is 3.88. The Labute approximate surface area is 197 Å². The Morgan fingerprint density at radius 1 is 0.939 bits per heavy atom. The SMILES string of the molecule is C=C(C)CC(=C)NC(=O)N1CCN(c2ccc(NC(=O)CCCc3ccccc3)cc2)CC1. The normalized spacial score (nSPS) is 13.4. The van der Waals surface area contributed by atoms with Crippen LogP contribution >= 0.6 is 0 Å². The zero-order valence-electron chi connectivity index (χ0n) is 19.5. The van der Waals surface area contributed by atoms with Gasteiger partial charge in [-0.25, -0.2) is 4.79 Å². The number of hydrogen-bond acceptors (Lipinski definition) is 3. The Morgan fingerprint density at radius 2 is 1.61 bits per heavy atom. The number of anilines is 2. The first-order valence-corrected chi connectivity index (χ1v) is 11.5. The van der Waals surface area contributed by atoms with Gasteiger partial charge in [-0.1, -0.05) is 49.1 Å². The number of carbonyl (C=O) groups is 2. The van der Waals surface area contributed by atoms with E-state index in [1.165, 1.54) is 5.56 Å². The minimum absolute atomic E-state index is 0.0338. The standard InChI is InChI=1S/C27H34N4O2/c1-21(2)20-22(3)28-27(33)31-18-16-30(17-19-31)25-14-12-24(13-15-25)29-26(32)11-7-10-23-8-5-4-6-9-23/h4-6,8-9,12-15H,1,3,7,10-11,16-20H2,2H3,(H,28,33)(H,29,32). The number of piperazine rings is 1. The number of nitrogens with one attached hydrogen (secondary N) is 2. The van der Waals surface area contributed by atoms with Crippen molar-refractivity contribution < 1.29 is 9.59 Å². The average molecular weight is 447 g/mol. The molecule has 174 valence electrons. The number of nitrogens with zero attached hydrogens (tertiary/aromatic N) is 2. The second kappa shape index (κ2) is 11.9. The van der Waals surface area contributed by atoms with Gasteiger partial charge >= 0.3 is 6.03 Å². The number of amides is 3. The first kappa shape index (κ1) is 24.1. The largest absolute Gasteiger partial charge is 0.368 e. The molecule has 0 saturated carbocycles. The summed E-state index contributed by atoms with van der Waals surface area (Å²) in [6.45, 7) is 12.5. The Balaban J connectivity index is 1.40. The highest BCUT2D eigenvalue weighted by atomic mass is 16.2. The summed E-state index contributed by atoms with van der Waals surface area (Å²) in [6, 6.07) is 18.0. The van der Waals surface area contributed by atoms with Crippen LogP contribution in [0, 0.1) is 0 Å². The third-order valence-electron chi connectivity index (χ3n) is 5.59. The average Bonchev–Trinajstić information content (AvgIpc) is 2.80. The molecule has 0 unspecified atom stereocenters.